The van der Waals surface area contributed by atoms with Crippen molar-refractivity contribution in [1.82, 2.24) is 10.2 Å². The minimum Gasteiger partial charge on any atom is -0.281 e. The van der Waals surface area contributed by atoms with Crippen molar-refractivity contribution in [2.75, 3.05) is 0 Å². The molecule has 0 aliphatic heterocycles. The van der Waals surface area contributed by atoms with Crippen LogP contribution in [0.3, 0.4) is 0 Å². The highest BCUT2D eigenvalue weighted by Crippen LogP contribution is 2.55. The first-order valence-corrected chi connectivity index (χ1v) is 10.2. The summed E-state index contributed by atoms with van der Waals surface area (Å²) in [6.45, 7) is 0. The van der Waals surface area contributed by atoms with E-state index in [-0.39, 0.29) is 11.2 Å². The molecule has 1 N–H and O–H groups in total. The van der Waals surface area contributed by atoms with E-state index in [1.54, 1.807) is 0 Å². The van der Waals surface area contributed by atoms with Crippen molar-refractivity contribution in [2.45, 2.75) is 24.7 Å². The molecular formula is C25H20ClFN2. The molecule has 1 heterocycles. The molecule has 0 unspecified atom stereocenters. The van der Waals surface area contributed by atoms with Crippen molar-refractivity contribution < 1.29 is 4.39 Å². The molecule has 0 radical (unpaired) electrons. The maximum Gasteiger partial charge on any atom is 0.123 e. The Morgan fingerprint density at radius 1 is 0.897 bits per heavy atom. The average Bonchev–Trinajstić information content (AvgIpc) is 3.45. The second-order valence-corrected chi connectivity index (χ2v) is 8.06. The Morgan fingerprint density at radius 2 is 1.59 bits per heavy atom. The van der Waals surface area contributed by atoms with Gasteiger partial charge in [0, 0.05) is 28.7 Å². The van der Waals surface area contributed by atoms with Crippen LogP contribution in [0.2, 0.25) is 5.02 Å². The number of nitrogens with zero attached hydrogens (tertiary/aromatic N) is 1. The summed E-state index contributed by atoms with van der Waals surface area (Å²) in [6.07, 6.45) is 2.80. The first-order chi connectivity index (χ1) is 14.2. The van der Waals surface area contributed by atoms with Crippen molar-refractivity contribution in [3.63, 3.8) is 0 Å². The zero-order valence-corrected chi connectivity index (χ0v) is 16.6. The summed E-state index contributed by atoms with van der Waals surface area (Å²) >= 11 is 6.51. The van der Waals surface area contributed by atoms with Crippen LogP contribution >= 0.6 is 11.6 Å². The van der Waals surface area contributed by atoms with Crippen LogP contribution in [0.1, 0.15) is 35.2 Å². The van der Waals surface area contributed by atoms with Crippen molar-refractivity contribution >= 4 is 11.6 Å². The van der Waals surface area contributed by atoms with Gasteiger partial charge in [0.15, 0.2) is 0 Å². The van der Waals surface area contributed by atoms with E-state index in [0.29, 0.717) is 5.02 Å². The predicted molar refractivity (Wildman–Crippen MR) is 115 cm³/mol. The molecule has 0 atom stereocenters. The van der Waals surface area contributed by atoms with Gasteiger partial charge in [0.1, 0.15) is 5.82 Å². The third kappa shape index (κ3) is 3.26. The van der Waals surface area contributed by atoms with Gasteiger partial charge in [-0.05, 0) is 42.2 Å². The van der Waals surface area contributed by atoms with Crippen LogP contribution in [0.4, 0.5) is 4.39 Å². The monoisotopic (exact) mass is 402 g/mol. The summed E-state index contributed by atoms with van der Waals surface area (Å²) in [6, 6.07) is 25.1. The quantitative estimate of drug-likeness (QED) is 0.403. The number of halogens is 2. The first-order valence-electron chi connectivity index (χ1n) is 9.80. The highest BCUT2D eigenvalue weighted by Gasteiger charge is 2.49. The zero-order valence-electron chi connectivity index (χ0n) is 15.8. The highest BCUT2D eigenvalue weighted by molar-refractivity contribution is 6.33. The summed E-state index contributed by atoms with van der Waals surface area (Å²) in [5.41, 5.74) is 6.31. The Morgan fingerprint density at radius 3 is 2.28 bits per heavy atom. The van der Waals surface area contributed by atoms with Crippen molar-refractivity contribution in [3.8, 4) is 11.3 Å². The summed E-state index contributed by atoms with van der Waals surface area (Å²) < 4.78 is 13.5. The number of benzene rings is 3. The average molecular weight is 403 g/mol. The molecule has 4 heteroatoms. The Hall–Kier alpha value is -2.91. The molecule has 1 saturated carbocycles. The van der Waals surface area contributed by atoms with E-state index in [2.05, 4.69) is 29.4 Å². The number of aromatic amines is 1. The lowest BCUT2D eigenvalue weighted by atomic mass is 9.86. The standard InChI is InChI=1S/C25H20ClFN2/c26-22-9-5-4-8-20(22)23-21(16-17-6-2-1-3-7-17)24(29-28-23)25(14-15-25)18-10-12-19(27)13-11-18/h1-13H,14-16H2,(H,28,29). The molecule has 1 aromatic heterocycles. The van der Waals surface area contributed by atoms with Gasteiger partial charge in [-0.1, -0.05) is 72.3 Å². The molecule has 0 bridgehead atoms. The van der Waals surface area contributed by atoms with Gasteiger partial charge in [-0.25, -0.2) is 4.39 Å². The third-order valence-electron chi connectivity index (χ3n) is 5.85. The van der Waals surface area contributed by atoms with Gasteiger partial charge >= 0.3 is 0 Å². The van der Waals surface area contributed by atoms with Crippen molar-refractivity contribution in [1.29, 1.82) is 0 Å². The minimum atomic E-state index is -0.213. The van der Waals surface area contributed by atoms with E-state index < -0.39 is 0 Å². The molecule has 2 nitrogen and oxygen atoms in total. The van der Waals surface area contributed by atoms with Gasteiger partial charge in [-0.2, -0.15) is 5.10 Å². The molecule has 0 spiro atoms. The minimum absolute atomic E-state index is 0.135. The van der Waals surface area contributed by atoms with E-state index >= 15 is 0 Å². The second kappa shape index (κ2) is 7.16. The SMILES string of the molecule is Fc1ccc(C2(c3[nH]nc(-c4ccccc4Cl)c3Cc3ccccc3)CC2)cc1. The van der Waals surface area contributed by atoms with E-state index in [9.17, 15) is 4.39 Å². The van der Waals surface area contributed by atoms with Crippen LogP contribution in [-0.2, 0) is 11.8 Å². The number of hydrogen-bond donors (Lipinski definition) is 1. The molecule has 1 aliphatic rings. The molecule has 0 amide bonds. The summed E-state index contributed by atoms with van der Waals surface area (Å²) in [5.74, 6) is -0.213. The number of H-pyrrole nitrogens is 1. The molecule has 3 aromatic carbocycles. The largest absolute Gasteiger partial charge is 0.281 e. The summed E-state index contributed by atoms with van der Waals surface area (Å²) in [5, 5.41) is 8.73. The fourth-order valence-electron chi connectivity index (χ4n) is 4.19. The zero-order chi connectivity index (χ0) is 19.8. The maximum absolute atomic E-state index is 13.5. The molecule has 0 saturated heterocycles. The van der Waals surface area contributed by atoms with E-state index in [1.807, 2.05) is 42.5 Å². The van der Waals surface area contributed by atoms with Crippen LogP contribution in [-0.4, -0.2) is 10.2 Å². The predicted octanol–water partition coefficient (Wildman–Crippen LogP) is 6.54. The molecule has 144 valence electrons. The Kier molecular flexibility index (Phi) is 4.48. The van der Waals surface area contributed by atoms with Crippen LogP contribution in [0, 0.1) is 5.82 Å². The number of aromatic nitrogens is 2. The van der Waals surface area contributed by atoms with Crippen molar-refractivity contribution in [2.24, 2.45) is 0 Å². The molecule has 1 aliphatic carbocycles. The summed E-state index contributed by atoms with van der Waals surface area (Å²) in [4.78, 5) is 0. The molecule has 4 aromatic rings. The van der Waals surface area contributed by atoms with Crippen LogP contribution < -0.4 is 0 Å². The van der Waals surface area contributed by atoms with Crippen LogP contribution in [0.25, 0.3) is 11.3 Å². The van der Waals surface area contributed by atoms with Gasteiger partial charge in [0.2, 0.25) is 0 Å². The Balaban J connectivity index is 1.66. The topological polar surface area (TPSA) is 28.7 Å². The molecule has 29 heavy (non-hydrogen) atoms. The second-order valence-electron chi connectivity index (χ2n) is 7.66. The van der Waals surface area contributed by atoms with Crippen molar-refractivity contribution in [3.05, 3.63) is 112 Å². The lowest BCUT2D eigenvalue weighted by molar-refractivity contribution is 0.625. The molecule has 5 rings (SSSR count). The normalized spacial score (nSPS) is 14.7. The summed E-state index contributed by atoms with van der Waals surface area (Å²) in [7, 11) is 0. The van der Waals surface area contributed by atoms with Gasteiger partial charge in [-0.15, -0.1) is 0 Å². The number of nitrogens with one attached hydrogen (secondary N) is 1. The Bertz CT molecular complexity index is 1150. The molecular weight excluding hydrogens is 383 g/mol. The smallest absolute Gasteiger partial charge is 0.123 e. The highest BCUT2D eigenvalue weighted by atomic mass is 35.5. The lowest BCUT2D eigenvalue weighted by Gasteiger charge is -2.17. The number of rotatable bonds is 5. The van der Waals surface area contributed by atoms with Gasteiger partial charge in [0.25, 0.3) is 0 Å². The fraction of sp³-hybridized carbons (Fsp3) is 0.160. The third-order valence-corrected chi connectivity index (χ3v) is 6.17. The first kappa shape index (κ1) is 18.1. The Labute approximate surface area is 174 Å². The fourth-order valence-corrected chi connectivity index (χ4v) is 4.41. The van der Waals surface area contributed by atoms with E-state index in [4.69, 9.17) is 16.7 Å². The van der Waals surface area contributed by atoms with E-state index in [1.165, 1.54) is 17.7 Å². The van der Waals surface area contributed by atoms with Crippen LogP contribution in [0.5, 0.6) is 0 Å². The van der Waals surface area contributed by atoms with Gasteiger partial charge in [0.05, 0.1) is 10.7 Å². The van der Waals surface area contributed by atoms with Gasteiger partial charge < -0.3 is 0 Å². The maximum atomic E-state index is 13.5. The lowest BCUT2D eigenvalue weighted by Crippen LogP contribution is -2.12. The number of hydrogen-bond acceptors (Lipinski definition) is 1. The van der Waals surface area contributed by atoms with E-state index in [0.717, 1.165) is 47.3 Å². The molecule has 1 fully saturated rings. The van der Waals surface area contributed by atoms with Gasteiger partial charge in [-0.3, -0.25) is 5.10 Å². The van der Waals surface area contributed by atoms with Crippen LogP contribution in [0.15, 0.2) is 78.9 Å².